The zero-order chi connectivity index (χ0) is 23.3. The van der Waals surface area contributed by atoms with Gasteiger partial charge in [0.1, 0.15) is 0 Å². The van der Waals surface area contributed by atoms with Gasteiger partial charge in [0, 0.05) is 29.9 Å². The van der Waals surface area contributed by atoms with Crippen molar-refractivity contribution in [3.8, 4) is 10.6 Å². The molecule has 5 rings (SSSR count). The SMILES string of the molecule is O=C(COC(=O)c1cc(-c2cccs2)nc2ccccc12)Nc1ccc(N2CCOCC2)cc1. The van der Waals surface area contributed by atoms with E-state index in [1.807, 2.05) is 66.0 Å². The van der Waals surface area contributed by atoms with Crippen molar-refractivity contribution < 1.29 is 19.1 Å². The zero-order valence-corrected chi connectivity index (χ0v) is 19.2. The average molecular weight is 474 g/mol. The number of anilines is 2. The standard InChI is InChI=1S/C26H23N3O4S/c30-25(27-18-7-9-19(10-8-18)29-11-13-32-14-12-29)17-33-26(31)21-16-23(24-6-3-15-34-24)28-22-5-2-1-4-20(21)22/h1-10,15-16H,11-14,17H2,(H,27,30). The van der Waals surface area contributed by atoms with Crippen molar-refractivity contribution >= 4 is 45.5 Å². The lowest BCUT2D eigenvalue weighted by molar-refractivity contribution is -0.119. The van der Waals surface area contributed by atoms with Crippen molar-refractivity contribution in [1.29, 1.82) is 0 Å². The van der Waals surface area contributed by atoms with Gasteiger partial charge in [0.25, 0.3) is 5.91 Å². The highest BCUT2D eigenvalue weighted by atomic mass is 32.1. The zero-order valence-electron chi connectivity index (χ0n) is 18.4. The van der Waals surface area contributed by atoms with Gasteiger partial charge >= 0.3 is 5.97 Å². The van der Waals surface area contributed by atoms with E-state index in [0.717, 1.165) is 23.7 Å². The lowest BCUT2D eigenvalue weighted by Gasteiger charge is -2.28. The van der Waals surface area contributed by atoms with Crippen molar-refractivity contribution in [3.05, 3.63) is 77.7 Å². The average Bonchev–Trinajstić information content (AvgIpc) is 3.43. The first-order chi connectivity index (χ1) is 16.7. The third kappa shape index (κ3) is 4.93. The number of carbonyl (C=O) groups is 2. The Morgan fingerprint density at radius 3 is 2.59 bits per heavy atom. The van der Waals surface area contributed by atoms with Crippen molar-refractivity contribution in [3.63, 3.8) is 0 Å². The Morgan fingerprint density at radius 1 is 1.03 bits per heavy atom. The minimum absolute atomic E-state index is 0.380. The first kappa shape index (κ1) is 22.1. The normalized spacial score (nSPS) is 13.6. The Hall–Kier alpha value is -3.75. The predicted octanol–water partition coefficient (Wildman–Crippen LogP) is 4.60. The van der Waals surface area contributed by atoms with Crippen LogP contribution in [0.5, 0.6) is 0 Å². The number of thiophene rings is 1. The van der Waals surface area contributed by atoms with E-state index in [1.54, 1.807) is 17.4 Å². The van der Waals surface area contributed by atoms with Crippen LogP contribution in [-0.4, -0.2) is 49.8 Å². The van der Waals surface area contributed by atoms with Gasteiger partial charge in [0.2, 0.25) is 0 Å². The molecule has 8 heteroatoms. The molecule has 2 aromatic heterocycles. The van der Waals surface area contributed by atoms with Crippen LogP contribution >= 0.6 is 11.3 Å². The van der Waals surface area contributed by atoms with E-state index in [-0.39, 0.29) is 6.61 Å². The largest absolute Gasteiger partial charge is 0.452 e. The lowest BCUT2D eigenvalue weighted by Crippen LogP contribution is -2.36. The molecule has 0 atom stereocenters. The summed E-state index contributed by atoms with van der Waals surface area (Å²) in [6.45, 7) is 2.74. The molecule has 0 radical (unpaired) electrons. The molecule has 1 aliphatic heterocycles. The fourth-order valence-electron chi connectivity index (χ4n) is 3.88. The van der Waals surface area contributed by atoms with Crippen LogP contribution in [0.15, 0.2) is 72.1 Å². The number of nitrogens with zero attached hydrogens (tertiary/aromatic N) is 2. The van der Waals surface area contributed by atoms with Crippen molar-refractivity contribution in [1.82, 2.24) is 4.98 Å². The Morgan fingerprint density at radius 2 is 1.82 bits per heavy atom. The summed E-state index contributed by atoms with van der Waals surface area (Å²) in [6.07, 6.45) is 0. The summed E-state index contributed by atoms with van der Waals surface area (Å²) in [6, 6.07) is 20.6. The maximum absolute atomic E-state index is 12.9. The molecule has 0 saturated carbocycles. The maximum Gasteiger partial charge on any atom is 0.339 e. The van der Waals surface area contributed by atoms with Gasteiger partial charge in [-0.2, -0.15) is 0 Å². The van der Waals surface area contributed by atoms with Crippen LogP contribution in [0.4, 0.5) is 11.4 Å². The maximum atomic E-state index is 12.9. The van der Waals surface area contributed by atoms with E-state index in [0.29, 0.717) is 41.1 Å². The van der Waals surface area contributed by atoms with Gasteiger partial charge in [0.15, 0.2) is 6.61 Å². The van der Waals surface area contributed by atoms with E-state index < -0.39 is 11.9 Å². The van der Waals surface area contributed by atoms with E-state index in [2.05, 4.69) is 15.2 Å². The number of nitrogens with one attached hydrogen (secondary N) is 1. The number of carbonyl (C=O) groups excluding carboxylic acids is 2. The molecule has 0 bridgehead atoms. The third-order valence-corrected chi connectivity index (χ3v) is 6.46. The monoisotopic (exact) mass is 473 g/mol. The molecule has 0 aliphatic carbocycles. The lowest BCUT2D eigenvalue weighted by atomic mass is 10.1. The summed E-state index contributed by atoms with van der Waals surface area (Å²) in [5.41, 5.74) is 3.51. The first-order valence-corrected chi connectivity index (χ1v) is 11.9. The van der Waals surface area contributed by atoms with Crippen LogP contribution < -0.4 is 10.2 Å². The molecule has 1 saturated heterocycles. The van der Waals surface area contributed by atoms with Gasteiger partial charge in [-0.1, -0.05) is 24.3 Å². The molecule has 34 heavy (non-hydrogen) atoms. The summed E-state index contributed by atoms with van der Waals surface area (Å²) >= 11 is 1.55. The second-order valence-corrected chi connectivity index (χ2v) is 8.77. The molecular formula is C26H23N3O4S. The van der Waals surface area contributed by atoms with Gasteiger partial charge in [-0.3, -0.25) is 4.79 Å². The molecule has 3 heterocycles. The Bertz CT molecular complexity index is 1300. The van der Waals surface area contributed by atoms with Crippen LogP contribution in [0, 0.1) is 0 Å². The number of pyridine rings is 1. The van der Waals surface area contributed by atoms with E-state index >= 15 is 0 Å². The number of hydrogen-bond donors (Lipinski definition) is 1. The Kier molecular flexibility index (Phi) is 6.51. The van der Waals surface area contributed by atoms with Crippen LogP contribution in [0.25, 0.3) is 21.5 Å². The predicted molar refractivity (Wildman–Crippen MR) is 133 cm³/mol. The van der Waals surface area contributed by atoms with Crippen LogP contribution in [-0.2, 0) is 14.3 Å². The van der Waals surface area contributed by atoms with Gasteiger partial charge in [-0.05, 0) is 47.8 Å². The van der Waals surface area contributed by atoms with Gasteiger partial charge in [0.05, 0.1) is 34.9 Å². The molecule has 172 valence electrons. The highest BCUT2D eigenvalue weighted by Gasteiger charge is 2.17. The molecular weight excluding hydrogens is 450 g/mol. The number of morpholine rings is 1. The minimum atomic E-state index is -0.561. The van der Waals surface area contributed by atoms with Crippen molar-refractivity contribution in [2.24, 2.45) is 0 Å². The molecule has 0 spiro atoms. The number of fused-ring (bicyclic) bond motifs is 1. The van der Waals surface area contributed by atoms with Crippen LogP contribution in [0.3, 0.4) is 0 Å². The summed E-state index contributed by atoms with van der Waals surface area (Å²) < 4.78 is 10.7. The minimum Gasteiger partial charge on any atom is -0.452 e. The number of benzene rings is 2. The van der Waals surface area contributed by atoms with Crippen LogP contribution in [0.2, 0.25) is 0 Å². The number of aromatic nitrogens is 1. The van der Waals surface area contributed by atoms with E-state index in [9.17, 15) is 9.59 Å². The number of amides is 1. The summed E-state index contributed by atoms with van der Waals surface area (Å²) in [5.74, 6) is -0.960. The number of rotatable bonds is 6. The second kappa shape index (κ2) is 10.0. The Balaban J connectivity index is 1.25. The number of para-hydroxylation sites is 1. The van der Waals surface area contributed by atoms with Crippen LogP contribution in [0.1, 0.15) is 10.4 Å². The summed E-state index contributed by atoms with van der Waals surface area (Å²) in [7, 11) is 0. The fourth-order valence-corrected chi connectivity index (χ4v) is 4.56. The molecule has 1 N–H and O–H groups in total. The highest BCUT2D eigenvalue weighted by Crippen LogP contribution is 2.28. The summed E-state index contributed by atoms with van der Waals surface area (Å²) in [4.78, 5) is 33.2. The molecule has 1 amide bonds. The number of hydrogen-bond acceptors (Lipinski definition) is 7. The van der Waals surface area contributed by atoms with Gasteiger partial charge < -0.3 is 19.7 Å². The van der Waals surface area contributed by atoms with E-state index in [1.165, 1.54) is 0 Å². The smallest absolute Gasteiger partial charge is 0.339 e. The van der Waals surface area contributed by atoms with Crippen molar-refractivity contribution in [2.45, 2.75) is 0 Å². The number of esters is 1. The van der Waals surface area contributed by atoms with Crippen molar-refractivity contribution in [2.75, 3.05) is 43.1 Å². The molecule has 0 unspecified atom stereocenters. The molecule has 1 aliphatic rings. The first-order valence-electron chi connectivity index (χ1n) is 11.0. The van der Waals surface area contributed by atoms with Gasteiger partial charge in [-0.15, -0.1) is 11.3 Å². The molecule has 2 aromatic carbocycles. The topological polar surface area (TPSA) is 80.8 Å². The van der Waals surface area contributed by atoms with Gasteiger partial charge in [-0.25, -0.2) is 9.78 Å². The Labute approximate surface area is 200 Å². The van der Waals surface area contributed by atoms with E-state index in [4.69, 9.17) is 9.47 Å². The highest BCUT2D eigenvalue weighted by molar-refractivity contribution is 7.13. The summed E-state index contributed by atoms with van der Waals surface area (Å²) in [5, 5.41) is 5.43. The quantitative estimate of drug-likeness (QED) is 0.413. The second-order valence-electron chi connectivity index (χ2n) is 7.82. The molecule has 4 aromatic rings. The third-order valence-electron chi connectivity index (χ3n) is 5.57. The molecule has 7 nitrogen and oxygen atoms in total. The molecule has 1 fully saturated rings. The number of ether oxygens (including phenoxy) is 2. The fraction of sp³-hybridized carbons (Fsp3) is 0.192.